The molecular weight excluding hydrogens is 268 g/mol. The Morgan fingerprint density at radius 2 is 2.05 bits per heavy atom. The number of ether oxygens (including phenoxy) is 1. The highest BCUT2D eigenvalue weighted by Crippen LogP contribution is 2.16. The summed E-state index contributed by atoms with van der Waals surface area (Å²) in [6.45, 7) is 5.14. The molecular formula is C16H26N2O3. The number of hydrogen-bond donors (Lipinski definition) is 2. The van der Waals surface area contributed by atoms with Crippen molar-refractivity contribution in [3.05, 3.63) is 29.8 Å². The van der Waals surface area contributed by atoms with Gasteiger partial charge in [-0.3, -0.25) is 4.79 Å². The van der Waals surface area contributed by atoms with Crippen LogP contribution in [-0.2, 0) is 4.79 Å². The molecule has 0 fully saturated rings. The van der Waals surface area contributed by atoms with Gasteiger partial charge in [-0.25, -0.2) is 0 Å². The summed E-state index contributed by atoms with van der Waals surface area (Å²) in [5.74, 6) is 0.690. The normalized spacial score (nSPS) is 13.8. The molecule has 21 heavy (non-hydrogen) atoms. The lowest BCUT2D eigenvalue weighted by Crippen LogP contribution is -2.39. The van der Waals surface area contributed by atoms with Crippen molar-refractivity contribution < 1.29 is 14.6 Å². The summed E-state index contributed by atoms with van der Waals surface area (Å²) in [4.78, 5) is 13.4. The molecule has 1 amide bonds. The van der Waals surface area contributed by atoms with E-state index >= 15 is 0 Å². The number of aliphatic hydroxyl groups is 1. The number of amides is 1. The lowest BCUT2D eigenvalue weighted by atomic mass is 10.1. The molecule has 118 valence electrons. The summed E-state index contributed by atoms with van der Waals surface area (Å²) >= 11 is 0. The second-order valence-corrected chi connectivity index (χ2v) is 5.47. The van der Waals surface area contributed by atoms with Gasteiger partial charge in [-0.1, -0.05) is 25.1 Å². The predicted molar refractivity (Wildman–Crippen MR) is 83.4 cm³/mol. The molecule has 1 rings (SSSR count). The van der Waals surface area contributed by atoms with Gasteiger partial charge >= 0.3 is 0 Å². The lowest BCUT2D eigenvalue weighted by molar-refractivity contribution is -0.124. The summed E-state index contributed by atoms with van der Waals surface area (Å²) < 4.78 is 5.62. The minimum Gasteiger partial charge on any atom is -0.491 e. The van der Waals surface area contributed by atoms with Crippen molar-refractivity contribution in [3.63, 3.8) is 0 Å². The van der Waals surface area contributed by atoms with Crippen LogP contribution in [0.2, 0.25) is 0 Å². The zero-order valence-electron chi connectivity index (χ0n) is 13.3. The van der Waals surface area contributed by atoms with Crippen LogP contribution in [0.15, 0.2) is 24.3 Å². The Bertz CT molecular complexity index is 451. The van der Waals surface area contributed by atoms with Crippen LogP contribution in [0.5, 0.6) is 5.75 Å². The topological polar surface area (TPSA) is 61.8 Å². The van der Waals surface area contributed by atoms with Gasteiger partial charge < -0.3 is 20.1 Å². The van der Waals surface area contributed by atoms with Crippen LogP contribution >= 0.6 is 0 Å². The monoisotopic (exact) mass is 294 g/mol. The van der Waals surface area contributed by atoms with E-state index in [0.29, 0.717) is 13.1 Å². The molecule has 5 nitrogen and oxygen atoms in total. The van der Waals surface area contributed by atoms with E-state index in [1.165, 1.54) is 0 Å². The molecule has 0 bridgehead atoms. The lowest BCUT2D eigenvalue weighted by Gasteiger charge is -2.23. The molecule has 2 unspecified atom stereocenters. The Morgan fingerprint density at radius 1 is 1.38 bits per heavy atom. The molecule has 2 N–H and O–H groups in total. The van der Waals surface area contributed by atoms with Gasteiger partial charge in [0.1, 0.15) is 18.5 Å². The quantitative estimate of drug-likeness (QED) is 0.752. The summed E-state index contributed by atoms with van der Waals surface area (Å²) in [5.41, 5.74) is 1.05. The summed E-state index contributed by atoms with van der Waals surface area (Å²) in [5, 5.41) is 12.6. The fraction of sp³-hybridized carbons (Fsp3) is 0.562. The molecule has 0 saturated heterocycles. The van der Waals surface area contributed by atoms with Crippen LogP contribution in [0.4, 0.5) is 0 Å². The van der Waals surface area contributed by atoms with Crippen molar-refractivity contribution in [2.24, 2.45) is 5.92 Å². The van der Waals surface area contributed by atoms with Crippen LogP contribution in [0.3, 0.4) is 0 Å². The SMILES string of the molecule is CNC(=O)C(C)CN(C)CC(O)COc1ccccc1C. The Labute approximate surface area is 126 Å². The molecule has 0 radical (unpaired) electrons. The van der Waals surface area contributed by atoms with Crippen LogP contribution in [0.1, 0.15) is 12.5 Å². The van der Waals surface area contributed by atoms with E-state index in [2.05, 4.69) is 5.32 Å². The fourth-order valence-corrected chi connectivity index (χ4v) is 2.19. The van der Waals surface area contributed by atoms with Gasteiger partial charge in [0.25, 0.3) is 0 Å². The van der Waals surface area contributed by atoms with Gasteiger partial charge in [-0.15, -0.1) is 0 Å². The number of benzene rings is 1. The number of para-hydroxylation sites is 1. The highest BCUT2D eigenvalue weighted by molar-refractivity contribution is 5.78. The Kier molecular flexibility index (Phi) is 7.19. The van der Waals surface area contributed by atoms with Crippen molar-refractivity contribution in [2.45, 2.75) is 20.0 Å². The first-order valence-corrected chi connectivity index (χ1v) is 7.20. The van der Waals surface area contributed by atoms with Crippen molar-refractivity contribution in [1.82, 2.24) is 10.2 Å². The van der Waals surface area contributed by atoms with E-state index in [-0.39, 0.29) is 18.4 Å². The molecule has 0 heterocycles. The van der Waals surface area contributed by atoms with E-state index < -0.39 is 6.10 Å². The van der Waals surface area contributed by atoms with Crippen LogP contribution < -0.4 is 10.1 Å². The van der Waals surface area contributed by atoms with E-state index in [1.807, 2.05) is 50.1 Å². The third kappa shape index (κ3) is 6.14. The largest absolute Gasteiger partial charge is 0.491 e. The number of carbonyl (C=O) groups excluding carboxylic acids is 1. The van der Waals surface area contributed by atoms with E-state index in [1.54, 1.807) is 7.05 Å². The summed E-state index contributed by atoms with van der Waals surface area (Å²) in [7, 11) is 3.51. The van der Waals surface area contributed by atoms with Crippen molar-refractivity contribution in [1.29, 1.82) is 0 Å². The highest BCUT2D eigenvalue weighted by atomic mass is 16.5. The first kappa shape index (κ1) is 17.5. The smallest absolute Gasteiger partial charge is 0.223 e. The van der Waals surface area contributed by atoms with Gasteiger partial charge in [-0.05, 0) is 25.6 Å². The van der Waals surface area contributed by atoms with Crippen LogP contribution in [0.25, 0.3) is 0 Å². The van der Waals surface area contributed by atoms with Crippen molar-refractivity contribution >= 4 is 5.91 Å². The summed E-state index contributed by atoms with van der Waals surface area (Å²) in [6.07, 6.45) is -0.591. The third-order valence-corrected chi connectivity index (χ3v) is 3.33. The molecule has 5 heteroatoms. The number of carbonyl (C=O) groups is 1. The average Bonchev–Trinajstić information content (AvgIpc) is 2.45. The Morgan fingerprint density at radius 3 is 2.67 bits per heavy atom. The van der Waals surface area contributed by atoms with Gasteiger partial charge in [-0.2, -0.15) is 0 Å². The molecule has 0 aromatic heterocycles. The fourth-order valence-electron chi connectivity index (χ4n) is 2.19. The van der Waals surface area contributed by atoms with Crippen molar-refractivity contribution in [2.75, 3.05) is 33.8 Å². The van der Waals surface area contributed by atoms with Crippen molar-refractivity contribution in [3.8, 4) is 5.75 Å². The zero-order valence-corrected chi connectivity index (χ0v) is 13.3. The minimum atomic E-state index is -0.591. The van der Waals surface area contributed by atoms with Gasteiger partial charge in [0.15, 0.2) is 0 Å². The van der Waals surface area contributed by atoms with Crippen LogP contribution in [-0.4, -0.2) is 55.8 Å². The third-order valence-electron chi connectivity index (χ3n) is 3.33. The number of hydrogen-bond acceptors (Lipinski definition) is 4. The molecule has 0 aliphatic heterocycles. The number of aliphatic hydroxyl groups excluding tert-OH is 1. The number of nitrogens with one attached hydrogen (secondary N) is 1. The molecule has 1 aromatic rings. The van der Waals surface area contributed by atoms with Gasteiger partial charge in [0.2, 0.25) is 5.91 Å². The van der Waals surface area contributed by atoms with E-state index in [4.69, 9.17) is 4.74 Å². The number of nitrogens with zero attached hydrogens (tertiary/aromatic N) is 1. The van der Waals surface area contributed by atoms with Gasteiger partial charge in [0.05, 0.1) is 0 Å². The van der Waals surface area contributed by atoms with Crippen LogP contribution in [0, 0.1) is 12.8 Å². The predicted octanol–water partition coefficient (Wildman–Crippen LogP) is 1.05. The zero-order chi connectivity index (χ0) is 15.8. The maximum Gasteiger partial charge on any atom is 0.223 e. The molecule has 0 saturated carbocycles. The Balaban J connectivity index is 2.34. The first-order valence-electron chi connectivity index (χ1n) is 7.20. The van der Waals surface area contributed by atoms with E-state index in [0.717, 1.165) is 11.3 Å². The molecule has 0 aliphatic carbocycles. The number of aryl methyl sites for hydroxylation is 1. The number of likely N-dealkylation sites (N-methyl/N-ethyl adjacent to an activating group) is 1. The summed E-state index contributed by atoms with van der Waals surface area (Å²) in [6, 6.07) is 7.72. The second kappa shape index (κ2) is 8.64. The highest BCUT2D eigenvalue weighted by Gasteiger charge is 2.16. The molecule has 0 aliphatic rings. The molecule has 0 spiro atoms. The number of rotatable bonds is 8. The molecule has 1 aromatic carbocycles. The molecule has 2 atom stereocenters. The van der Waals surface area contributed by atoms with E-state index in [9.17, 15) is 9.90 Å². The maximum atomic E-state index is 11.5. The van der Waals surface area contributed by atoms with Gasteiger partial charge in [0, 0.05) is 26.1 Å². The maximum absolute atomic E-state index is 11.5. The Hall–Kier alpha value is -1.59. The minimum absolute atomic E-state index is 0.00694. The standard InChI is InChI=1S/C16H26N2O3/c1-12-7-5-6-8-15(12)21-11-14(19)10-18(4)9-13(2)16(20)17-3/h5-8,13-14,19H,9-11H2,1-4H3,(H,17,20). The first-order chi connectivity index (χ1) is 9.93. The average molecular weight is 294 g/mol. The second-order valence-electron chi connectivity index (χ2n) is 5.47.